The molecule has 30 heavy (non-hydrogen) atoms. The quantitative estimate of drug-likeness (QED) is 0.562. The second kappa shape index (κ2) is 7.49. The van der Waals surface area contributed by atoms with E-state index in [4.69, 9.17) is 15.6 Å². The summed E-state index contributed by atoms with van der Waals surface area (Å²) in [6.07, 6.45) is 0. The highest BCUT2D eigenvalue weighted by Crippen LogP contribution is 2.27. The van der Waals surface area contributed by atoms with Gasteiger partial charge in [0, 0.05) is 5.56 Å². The van der Waals surface area contributed by atoms with Gasteiger partial charge in [-0.25, -0.2) is 14.4 Å². The number of carboxylic acids is 1. The first-order chi connectivity index (χ1) is 14.4. The molecule has 3 aromatic rings. The molecule has 1 aliphatic heterocycles. The molecule has 1 saturated heterocycles. The van der Waals surface area contributed by atoms with E-state index >= 15 is 0 Å². The van der Waals surface area contributed by atoms with Crippen molar-refractivity contribution >= 4 is 28.8 Å². The number of urea groups is 2. The second-order valence-electron chi connectivity index (χ2n) is 7.24. The van der Waals surface area contributed by atoms with Crippen molar-refractivity contribution in [2.45, 2.75) is 12.6 Å². The molecule has 4 amide bonds. The fraction of sp³-hybridized carbons (Fsp3) is 0.136. The summed E-state index contributed by atoms with van der Waals surface area (Å²) in [5.74, 6) is 0.0722. The van der Waals surface area contributed by atoms with E-state index in [1.54, 1.807) is 24.3 Å². The normalized spacial score (nSPS) is 20.7. The van der Waals surface area contributed by atoms with Crippen LogP contribution in [0.3, 0.4) is 0 Å². The Kier molecular flexibility index (Phi) is 4.85. The molecule has 1 fully saturated rings. The largest absolute Gasteiger partial charge is 0.480 e. The molecule has 1 aliphatic rings. The molecular formula is C22H20N3O5+. The number of aliphatic carboxylic acids is 1. The zero-order valence-electron chi connectivity index (χ0n) is 15.9. The minimum atomic E-state index is -1.20. The highest BCUT2D eigenvalue weighted by atomic mass is 16.5. The third-order valence-electron chi connectivity index (χ3n) is 5.23. The van der Waals surface area contributed by atoms with Gasteiger partial charge in [0.1, 0.15) is 24.6 Å². The Hall–Kier alpha value is -3.91. The van der Waals surface area contributed by atoms with Gasteiger partial charge in [-0.15, -0.1) is 0 Å². The van der Waals surface area contributed by atoms with Gasteiger partial charge in [0.05, 0.1) is 0 Å². The lowest BCUT2D eigenvalue weighted by molar-refractivity contribution is -0.771. The molecule has 4 N–H and O–H groups in total. The lowest BCUT2D eigenvalue weighted by atomic mass is 10.1. The van der Waals surface area contributed by atoms with Crippen LogP contribution in [0.1, 0.15) is 5.56 Å². The van der Waals surface area contributed by atoms with Crippen molar-refractivity contribution in [2.24, 2.45) is 5.73 Å². The highest BCUT2D eigenvalue weighted by Gasteiger charge is 2.54. The maximum Gasteiger partial charge on any atom is 0.426 e. The fourth-order valence-corrected chi connectivity index (χ4v) is 3.60. The number of fused-ring (bicyclic) bond motifs is 1. The van der Waals surface area contributed by atoms with E-state index < -0.39 is 28.6 Å². The van der Waals surface area contributed by atoms with Crippen molar-refractivity contribution in [3.05, 3.63) is 72.3 Å². The van der Waals surface area contributed by atoms with E-state index in [0.717, 1.165) is 10.8 Å². The lowest BCUT2D eigenvalue weighted by Gasteiger charge is -2.24. The third kappa shape index (κ3) is 3.56. The van der Waals surface area contributed by atoms with Crippen LogP contribution in [0.4, 0.5) is 9.59 Å². The third-order valence-corrected chi connectivity index (χ3v) is 5.23. The van der Waals surface area contributed by atoms with Crippen LogP contribution in [0.25, 0.3) is 10.8 Å². The number of ether oxygens (including phenoxy) is 1. The summed E-state index contributed by atoms with van der Waals surface area (Å²) in [7, 11) is 0. The standard InChI is InChI=1S/C22H19N3O5/c23-21(28)25(13-19(20(26)27)24-22(25)29)12-14-5-8-17(9-6-14)30-18-10-7-15-3-1-2-4-16(15)11-18/h1-11,19H,12-13H2,(H3-,23,24,26,27,28,29)/p+1/t19-,25?/m1/s1. The number of imide groups is 1. The average Bonchev–Trinajstić information content (AvgIpc) is 3.07. The van der Waals surface area contributed by atoms with E-state index in [-0.39, 0.29) is 13.1 Å². The van der Waals surface area contributed by atoms with Gasteiger partial charge >= 0.3 is 18.0 Å². The molecule has 0 saturated carbocycles. The molecule has 3 aromatic carbocycles. The van der Waals surface area contributed by atoms with Crippen molar-refractivity contribution in [1.82, 2.24) is 5.32 Å². The number of carbonyl (C=O) groups is 3. The molecule has 0 radical (unpaired) electrons. The summed E-state index contributed by atoms with van der Waals surface area (Å²) < 4.78 is 5.11. The Balaban J connectivity index is 1.51. The SMILES string of the molecule is NC(=O)[N+]1(Cc2ccc(Oc3ccc4ccccc4c3)cc2)C[C@H](C(=O)O)NC1=O. The molecule has 1 heterocycles. The van der Waals surface area contributed by atoms with Gasteiger partial charge in [-0.05, 0) is 47.2 Å². The van der Waals surface area contributed by atoms with Gasteiger partial charge in [-0.3, -0.25) is 5.32 Å². The average molecular weight is 406 g/mol. The summed E-state index contributed by atoms with van der Waals surface area (Å²) in [5, 5.41) is 13.7. The van der Waals surface area contributed by atoms with Gasteiger partial charge < -0.3 is 15.6 Å². The summed E-state index contributed by atoms with van der Waals surface area (Å²) in [6, 6.07) is 17.9. The first-order valence-electron chi connectivity index (χ1n) is 9.34. The lowest BCUT2D eigenvalue weighted by Crippen LogP contribution is -2.57. The first kappa shape index (κ1) is 19.4. The molecule has 8 heteroatoms. The number of hydrogen-bond acceptors (Lipinski definition) is 4. The number of nitrogens with two attached hydrogens (primary N) is 1. The fourth-order valence-electron chi connectivity index (χ4n) is 3.60. The number of hydrogen-bond donors (Lipinski definition) is 3. The number of benzene rings is 3. The molecule has 152 valence electrons. The molecule has 8 nitrogen and oxygen atoms in total. The number of amides is 4. The summed E-state index contributed by atoms with van der Waals surface area (Å²) in [5.41, 5.74) is 6.12. The molecule has 1 unspecified atom stereocenters. The van der Waals surface area contributed by atoms with Crippen LogP contribution in [0.2, 0.25) is 0 Å². The minimum absolute atomic E-state index is 0.0405. The number of primary amides is 1. The highest BCUT2D eigenvalue weighted by molar-refractivity contribution is 5.89. The predicted octanol–water partition coefficient (Wildman–Crippen LogP) is 3.20. The van der Waals surface area contributed by atoms with Crippen LogP contribution in [0, 0.1) is 0 Å². The van der Waals surface area contributed by atoms with Crippen LogP contribution in [0.15, 0.2) is 66.7 Å². The molecule has 4 rings (SSSR count). The monoisotopic (exact) mass is 406 g/mol. The van der Waals surface area contributed by atoms with Crippen LogP contribution in [0.5, 0.6) is 11.5 Å². The number of carboxylic acid groups (broad SMARTS) is 1. The number of nitrogens with zero attached hydrogens (tertiary/aromatic N) is 1. The topological polar surface area (TPSA) is 119 Å². The second-order valence-corrected chi connectivity index (χ2v) is 7.24. The Morgan fingerprint density at radius 3 is 2.33 bits per heavy atom. The molecule has 0 aromatic heterocycles. The zero-order chi connectivity index (χ0) is 21.3. The number of nitrogens with one attached hydrogen (secondary N) is 1. The Morgan fingerprint density at radius 2 is 1.70 bits per heavy atom. The summed E-state index contributed by atoms with van der Waals surface area (Å²) >= 11 is 0. The Bertz CT molecular complexity index is 1140. The predicted molar refractivity (Wildman–Crippen MR) is 109 cm³/mol. The molecule has 0 bridgehead atoms. The van der Waals surface area contributed by atoms with Gasteiger partial charge in [-0.2, -0.15) is 4.48 Å². The van der Waals surface area contributed by atoms with Crippen LogP contribution < -0.4 is 15.8 Å². The van der Waals surface area contributed by atoms with Crippen molar-refractivity contribution in [3.63, 3.8) is 0 Å². The smallest absolute Gasteiger partial charge is 0.426 e. The summed E-state index contributed by atoms with van der Waals surface area (Å²) in [6.45, 7) is -0.278. The van der Waals surface area contributed by atoms with Gasteiger partial charge in [0.25, 0.3) is 0 Å². The van der Waals surface area contributed by atoms with E-state index in [1.165, 1.54) is 0 Å². The zero-order valence-corrected chi connectivity index (χ0v) is 15.9. The van der Waals surface area contributed by atoms with E-state index in [0.29, 0.717) is 17.1 Å². The molecular weight excluding hydrogens is 386 g/mol. The van der Waals surface area contributed by atoms with Crippen LogP contribution in [-0.4, -0.2) is 40.2 Å². The first-order valence-corrected chi connectivity index (χ1v) is 9.34. The van der Waals surface area contributed by atoms with Crippen molar-refractivity contribution < 1.29 is 28.7 Å². The molecule has 0 spiro atoms. The van der Waals surface area contributed by atoms with Crippen molar-refractivity contribution in [3.8, 4) is 11.5 Å². The van der Waals surface area contributed by atoms with Gasteiger partial charge in [-0.1, -0.05) is 30.3 Å². The number of carbonyl (C=O) groups excluding carboxylic acids is 2. The van der Waals surface area contributed by atoms with Gasteiger partial charge in [0.15, 0.2) is 6.04 Å². The maximum atomic E-state index is 12.3. The Morgan fingerprint density at radius 1 is 1.03 bits per heavy atom. The van der Waals surface area contributed by atoms with Gasteiger partial charge in [0.2, 0.25) is 0 Å². The van der Waals surface area contributed by atoms with Crippen molar-refractivity contribution in [1.29, 1.82) is 0 Å². The van der Waals surface area contributed by atoms with Crippen LogP contribution in [-0.2, 0) is 11.3 Å². The molecule has 2 atom stereocenters. The van der Waals surface area contributed by atoms with Crippen LogP contribution >= 0.6 is 0 Å². The molecule has 0 aliphatic carbocycles. The maximum absolute atomic E-state index is 12.3. The number of quaternary nitrogens is 1. The summed E-state index contributed by atoms with van der Waals surface area (Å²) in [4.78, 5) is 35.6. The number of rotatable bonds is 5. The van der Waals surface area contributed by atoms with Crippen molar-refractivity contribution in [2.75, 3.05) is 6.54 Å². The Labute approximate surface area is 172 Å². The van der Waals surface area contributed by atoms with E-state index in [1.807, 2.05) is 42.5 Å². The minimum Gasteiger partial charge on any atom is -0.480 e. The van der Waals surface area contributed by atoms with E-state index in [9.17, 15) is 14.4 Å². The van der Waals surface area contributed by atoms with E-state index in [2.05, 4.69) is 5.32 Å².